The Hall–Kier alpha value is -0.910. The second-order valence-corrected chi connectivity index (χ2v) is 7.46. The Morgan fingerprint density at radius 2 is 1.85 bits per heavy atom. The summed E-state index contributed by atoms with van der Waals surface area (Å²) in [7, 11) is -3.52. The average molecular weight is 297 g/mol. The van der Waals surface area contributed by atoms with Crippen LogP contribution in [0.3, 0.4) is 0 Å². The standard InChI is InChI=1S/C15H23NO3S/c1-12(2)16(9-10-17)20(18,19)15-8-7-13-5-3-4-6-14(13)11-15/h7-8,11-12,17H,3-6,9-10H2,1-2H3. The van der Waals surface area contributed by atoms with Crippen LogP contribution in [0.5, 0.6) is 0 Å². The van der Waals surface area contributed by atoms with Crippen LogP contribution >= 0.6 is 0 Å². The molecule has 0 saturated heterocycles. The van der Waals surface area contributed by atoms with Gasteiger partial charge < -0.3 is 5.11 Å². The van der Waals surface area contributed by atoms with Crippen LogP contribution in [0.25, 0.3) is 0 Å². The van der Waals surface area contributed by atoms with Gasteiger partial charge in [-0.3, -0.25) is 0 Å². The minimum Gasteiger partial charge on any atom is -0.395 e. The zero-order valence-corrected chi connectivity index (χ0v) is 13.0. The molecule has 0 fully saturated rings. The maximum Gasteiger partial charge on any atom is 0.243 e. The highest BCUT2D eigenvalue weighted by atomic mass is 32.2. The average Bonchev–Trinajstić information content (AvgIpc) is 2.43. The van der Waals surface area contributed by atoms with Crippen molar-refractivity contribution in [1.82, 2.24) is 4.31 Å². The van der Waals surface area contributed by atoms with Crippen molar-refractivity contribution in [3.05, 3.63) is 29.3 Å². The van der Waals surface area contributed by atoms with Crippen LogP contribution in [0.2, 0.25) is 0 Å². The van der Waals surface area contributed by atoms with Crippen molar-refractivity contribution in [1.29, 1.82) is 0 Å². The van der Waals surface area contributed by atoms with Crippen LogP contribution in [0, 0.1) is 0 Å². The summed E-state index contributed by atoms with van der Waals surface area (Å²) in [6, 6.07) is 5.30. The Balaban J connectivity index is 2.38. The summed E-state index contributed by atoms with van der Waals surface area (Å²) in [6.07, 6.45) is 4.31. The number of rotatable bonds is 5. The first kappa shape index (κ1) is 15.5. The molecule has 1 aromatic carbocycles. The molecule has 4 nitrogen and oxygen atoms in total. The Morgan fingerprint density at radius 1 is 1.20 bits per heavy atom. The highest BCUT2D eigenvalue weighted by Gasteiger charge is 2.27. The van der Waals surface area contributed by atoms with Crippen LogP contribution in [-0.4, -0.2) is 37.0 Å². The lowest BCUT2D eigenvalue weighted by Gasteiger charge is -2.26. The molecule has 0 atom stereocenters. The predicted molar refractivity (Wildman–Crippen MR) is 79.2 cm³/mol. The fraction of sp³-hybridized carbons (Fsp3) is 0.600. The van der Waals surface area contributed by atoms with Gasteiger partial charge in [-0.05, 0) is 62.8 Å². The lowest BCUT2D eigenvalue weighted by Crippen LogP contribution is -2.39. The molecule has 112 valence electrons. The first-order valence-corrected chi connectivity index (χ1v) is 8.65. The summed E-state index contributed by atoms with van der Waals surface area (Å²) in [4.78, 5) is 0.348. The van der Waals surface area contributed by atoms with E-state index in [2.05, 4.69) is 0 Å². The maximum atomic E-state index is 12.7. The van der Waals surface area contributed by atoms with Gasteiger partial charge in [-0.25, -0.2) is 8.42 Å². The summed E-state index contributed by atoms with van der Waals surface area (Å²) >= 11 is 0. The van der Waals surface area contributed by atoms with Crippen molar-refractivity contribution in [2.45, 2.75) is 50.5 Å². The van der Waals surface area contributed by atoms with Crippen molar-refractivity contribution in [2.24, 2.45) is 0 Å². The van der Waals surface area contributed by atoms with Gasteiger partial charge in [-0.1, -0.05) is 6.07 Å². The second kappa shape index (κ2) is 6.24. The highest BCUT2D eigenvalue weighted by Crippen LogP contribution is 2.26. The fourth-order valence-electron chi connectivity index (χ4n) is 2.76. The fourth-order valence-corrected chi connectivity index (χ4v) is 4.44. The molecule has 20 heavy (non-hydrogen) atoms. The van der Waals surface area contributed by atoms with E-state index in [1.54, 1.807) is 6.07 Å². The molecule has 0 saturated carbocycles. The predicted octanol–water partition coefficient (Wildman–Crippen LogP) is 1.96. The summed E-state index contributed by atoms with van der Waals surface area (Å²) in [6.45, 7) is 3.62. The normalized spacial score (nSPS) is 15.7. The molecule has 0 radical (unpaired) electrons. The third-order valence-corrected chi connectivity index (χ3v) is 5.89. The molecule has 0 aromatic heterocycles. The Kier molecular flexibility index (Phi) is 4.83. The van der Waals surface area contributed by atoms with E-state index in [9.17, 15) is 8.42 Å². The number of aliphatic hydroxyl groups excluding tert-OH is 1. The smallest absolute Gasteiger partial charge is 0.243 e. The number of fused-ring (bicyclic) bond motifs is 1. The third kappa shape index (κ3) is 3.05. The molecule has 0 bridgehead atoms. The summed E-state index contributed by atoms with van der Waals surface area (Å²) < 4.78 is 26.7. The first-order chi connectivity index (χ1) is 9.46. The molecule has 1 aliphatic carbocycles. The largest absolute Gasteiger partial charge is 0.395 e. The number of sulfonamides is 1. The van der Waals surface area contributed by atoms with Crippen LogP contribution in [-0.2, 0) is 22.9 Å². The molecule has 1 aliphatic rings. The van der Waals surface area contributed by atoms with Crippen LogP contribution < -0.4 is 0 Å². The molecule has 1 N–H and O–H groups in total. The quantitative estimate of drug-likeness (QED) is 0.904. The Bertz CT molecular complexity index is 566. The zero-order chi connectivity index (χ0) is 14.8. The van der Waals surface area contributed by atoms with Crippen molar-refractivity contribution >= 4 is 10.0 Å². The molecule has 5 heteroatoms. The zero-order valence-electron chi connectivity index (χ0n) is 12.2. The number of hydrogen-bond donors (Lipinski definition) is 1. The molecule has 0 spiro atoms. The minimum absolute atomic E-state index is 0.136. The number of benzene rings is 1. The number of hydrogen-bond acceptors (Lipinski definition) is 3. The molecule has 2 rings (SSSR count). The molecule has 0 amide bonds. The van der Waals surface area contributed by atoms with E-state index in [4.69, 9.17) is 5.11 Å². The van der Waals surface area contributed by atoms with E-state index in [0.717, 1.165) is 24.8 Å². The summed E-state index contributed by atoms with van der Waals surface area (Å²) in [5, 5.41) is 9.08. The third-order valence-electron chi connectivity index (χ3n) is 3.82. The minimum atomic E-state index is -3.52. The molecule has 0 unspecified atom stereocenters. The SMILES string of the molecule is CC(C)N(CCO)S(=O)(=O)c1ccc2c(c1)CCCC2. The molecular formula is C15H23NO3S. The summed E-state index contributed by atoms with van der Waals surface area (Å²) in [5.74, 6) is 0. The van der Waals surface area contributed by atoms with Gasteiger partial charge in [0.15, 0.2) is 0 Å². The van der Waals surface area contributed by atoms with E-state index in [-0.39, 0.29) is 19.2 Å². The van der Waals surface area contributed by atoms with Gasteiger partial charge in [0.05, 0.1) is 11.5 Å². The lowest BCUT2D eigenvalue weighted by atomic mass is 9.92. The second-order valence-electron chi connectivity index (χ2n) is 5.57. The Labute approximate surface area is 121 Å². The van der Waals surface area contributed by atoms with Crippen molar-refractivity contribution < 1.29 is 13.5 Å². The highest BCUT2D eigenvalue weighted by molar-refractivity contribution is 7.89. The van der Waals surface area contributed by atoms with Crippen LogP contribution in [0.15, 0.2) is 23.1 Å². The molecule has 0 aliphatic heterocycles. The van der Waals surface area contributed by atoms with Gasteiger partial charge in [-0.2, -0.15) is 4.31 Å². The van der Waals surface area contributed by atoms with E-state index in [0.29, 0.717) is 4.90 Å². The molecule has 1 aromatic rings. The van der Waals surface area contributed by atoms with Crippen molar-refractivity contribution in [3.63, 3.8) is 0 Å². The van der Waals surface area contributed by atoms with E-state index < -0.39 is 10.0 Å². The van der Waals surface area contributed by atoms with Gasteiger partial charge in [0, 0.05) is 12.6 Å². The van der Waals surface area contributed by atoms with Crippen molar-refractivity contribution in [2.75, 3.05) is 13.2 Å². The van der Waals surface area contributed by atoms with Crippen LogP contribution in [0.1, 0.15) is 37.8 Å². The number of nitrogens with zero attached hydrogens (tertiary/aromatic N) is 1. The van der Waals surface area contributed by atoms with Crippen molar-refractivity contribution in [3.8, 4) is 0 Å². The van der Waals surface area contributed by atoms with Gasteiger partial charge in [0.1, 0.15) is 0 Å². The Morgan fingerprint density at radius 3 is 2.45 bits per heavy atom. The first-order valence-electron chi connectivity index (χ1n) is 7.21. The van der Waals surface area contributed by atoms with Gasteiger partial charge in [-0.15, -0.1) is 0 Å². The number of aryl methyl sites for hydroxylation is 2. The molecular weight excluding hydrogens is 274 g/mol. The van der Waals surface area contributed by atoms with Gasteiger partial charge in [0.25, 0.3) is 0 Å². The van der Waals surface area contributed by atoms with Crippen LogP contribution in [0.4, 0.5) is 0 Å². The molecule has 0 heterocycles. The topological polar surface area (TPSA) is 57.6 Å². The number of aliphatic hydroxyl groups is 1. The van der Waals surface area contributed by atoms with E-state index in [1.165, 1.54) is 16.3 Å². The lowest BCUT2D eigenvalue weighted by molar-refractivity contribution is 0.236. The van der Waals surface area contributed by atoms with E-state index in [1.807, 2.05) is 26.0 Å². The van der Waals surface area contributed by atoms with E-state index >= 15 is 0 Å². The summed E-state index contributed by atoms with van der Waals surface area (Å²) in [5.41, 5.74) is 2.43. The monoisotopic (exact) mass is 297 g/mol. The van der Waals surface area contributed by atoms with Gasteiger partial charge >= 0.3 is 0 Å². The van der Waals surface area contributed by atoms with Gasteiger partial charge in [0.2, 0.25) is 10.0 Å². The maximum absolute atomic E-state index is 12.7.